The van der Waals surface area contributed by atoms with Crippen molar-refractivity contribution in [3.63, 3.8) is 0 Å². The molecular formula is C22H28N2O. The molecule has 0 bridgehead atoms. The summed E-state index contributed by atoms with van der Waals surface area (Å²) < 4.78 is 0. The minimum absolute atomic E-state index is 0.275. The van der Waals surface area contributed by atoms with Gasteiger partial charge < -0.3 is 4.90 Å². The van der Waals surface area contributed by atoms with E-state index in [4.69, 9.17) is 0 Å². The van der Waals surface area contributed by atoms with Gasteiger partial charge in [-0.3, -0.25) is 9.78 Å². The number of amides is 1. The molecule has 0 radical (unpaired) electrons. The first-order valence-corrected chi connectivity index (χ1v) is 9.35. The van der Waals surface area contributed by atoms with E-state index in [-0.39, 0.29) is 11.3 Å². The van der Waals surface area contributed by atoms with Crippen LogP contribution in [0.2, 0.25) is 0 Å². The summed E-state index contributed by atoms with van der Waals surface area (Å²) in [6.45, 7) is 2.84. The Morgan fingerprint density at radius 3 is 2.48 bits per heavy atom. The lowest BCUT2D eigenvalue weighted by atomic mass is 9.67. The average Bonchev–Trinajstić information content (AvgIpc) is 2.67. The van der Waals surface area contributed by atoms with Crippen molar-refractivity contribution in [3.05, 3.63) is 65.5 Å². The van der Waals surface area contributed by atoms with Crippen molar-refractivity contribution in [2.45, 2.75) is 50.9 Å². The number of rotatable bonds is 5. The monoisotopic (exact) mass is 336 g/mol. The summed E-state index contributed by atoms with van der Waals surface area (Å²) in [6.07, 6.45) is 8.04. The van der Waals surface area contributed by atoms with Crippen LogP contribution in [0.3, 0.4) is 0 Å². The van der Waals surface area contributed by atoms with Gasteiger partial charge in [0.2, 0.25) is 5.91 Å². The van der Waals surface area contributed by atoms with Crippen molar-refractivity contribution in [2.24, 2.45) is 0 Å². The molecule has 3 rings (SSSR count). The fourth-order valence-electron chi connectivity index (χ4n) is 4.16. The average molecular weight is 336 g/mol. The molecule has 1 fully saturated rings. The Morgan fingerprint density at radius 1 is 1.08 bits per heavy atom. The van der Waals surface area contributed by atoms with Crippen LogP contribution in [-0.2, 0) is 16.6 Å². The fraction of sp³-hybridized carbons (Fsp3) is 0.455. The molecule has 132 valence electrons. The van der Waals surface area contributed by atoms with E-state index in [0.29, 0.717) is 6.54 Å². The molecule has 1 amide bonds. The second-order valence-corrected chi connectivity index (χ2v) is 7.26. The molecule has 1 aromatic carbocycles. The molecular weight excluding hydrogens is 308 g/mol. The van der Waals surface area contributed by atoms with E-state index < -0.39 is 0 Å². The number of carbonyl (C=O) groups is 1. The second kappa shape index (κ2) is 7.81. The third-order valence-corrected chi connectivity index (χ3v) is 5.55. The second-order valence-electron chi connectivity index (χ2n) is 7.26. The van der Waals surface area contributed by atoms with Crippen molar-refractivity contribution in [1.29, 1.82) is 0 Å². The number of nitrogens with zero attached hydrogens (tertiary/aromatic N) is 2. The predicted octanol–water partition coefficient (Wildman–Crippen LogP) is 4.29. The van der Waals surface area contributed by atoms with Crippen LogP contribution in [0.4, 0.5) is 0 Å². The maximum Gasteiger partial charge on any atom is 0.232 e. The minimum atomic E-state index is -0.345. The number of aryl methyl sites for hydroxylation is 1. The first-order chi connectivity index (χ1) is 12.1. The van der Waals surface area contributed by atoms with Gasteiger partial charge >= 0.3 is 0 Å². The van der Waals surface area contributed by atoms with E-state index in [9.17, 15) is 4.79 Å². The molecule has 3 heteroatoms. The quantitative estimate of drug-likeness (QED) is 0.816. The molecule has 1 heterocycles. The summed E-state index contributed by atoms with van der Waals surface area (Å²) in [5, 5.41) is 0. The molecule has 0 saturated heterocycles. The standard InChI is InChI=1S/C22H28N2O/c1-18-10-4-5-12-20(18)22(14-7-3-8-15-22)21(25)24(2)17-13-19-11-6-9-16-23-19/h4-6,9-12,16H,3,7-8,13-15,17H2,1-2H3. The fourth-order valence-corrected chi connectivity index (χ4v) is 4.16. The Hall–Kier alpha value is -2.16. The van der Waals surface area contributed by atoms with Gasteiger partial charge in [0.05, 0.1) is 5.41 Å². The van der Waals surface area contributed by atoms with Crippen LogP contribution in [0.25, 0.3) is 0 Å². The lowest BCUT2D eigenvalue weighted by molar-refractivity contribution is -0.137. The van der Waals surface area contributed by atoms with E-state index in [1.165, 1.54) is 17.5 Å². The van der Waals surface area contributed by atoms with Crippen molar-refractivity contribution < 1.29 is 4.79 Å². The van der Waals surface area contributed by atoms with Gasteiger partial charge in [0.15, 0.2) is 0 Å². The molecule has 1 aliphatic carbocycles. The van der Waals surface area contributed by atoms with Gasteiger partial charge in [-0.2, -0.15) is 0 Å². The molecule has 1 aliphatic rings. The van der Waals surface area contributed by atoms with Gasteiger partial charge in [-0.25, -0.2) is 0 Å². The molecule has 0 atom stereocenters. The van der Waals surface area contributed by atoms with Gasteiger partial charge in [0.1, 0.15) is 0 Å². The normalized spacial score (nSPS) is 16.4. The van der Waals surface area contributed by atoms with Gasteiger partial charge in [-0.15, -0.1) is 0 Å². The van der Waals surface area contributed by atoms with Crippen molar-refractivity contribution in [1.82, 2.24) is 9.88 Å². The summed E-state index contributed by atoms with van der Waals surface area (Å²) in [5.41, 5.74) is 3.15. The topological polar surface area (TPSA) is 33.2 Å². The van der Waals surface area contributed by atoms with Crippen molar-refractivity contribution in [2.75, 3.05) is 13.6 Å². The van der Waals surface area contributed by atoms with E-state index >= 15 is 0 Å². The Labute approximate surface area is 151 Å². The highest BCUT2D eigenvalue weighted by molar-refractivity contribution is 5.88. The zero-order chi connectivity index (χ0) is 17.7. The SMILES string of the molecule is Cc1ccccc1C1(C(=O)N(C)CCc2ccccn2)CCCCC1. The van der Waals surface area contributed by atoms with Crippen LogP contribution in [0.5, 0.6) is 0 Å². The first-order valence-electron chi connectivity index (χ1n) is 9.35. The van der Waals surface area contributed by atoms with Crippen LogP contribution >= 0.6 is 0 Å². The Morgan fingerprint density at radius 2 is 1.80 bits per heavy atom. The molecule has 0 spiro atoms. The van der Waals surface area contributed by atoms with E-state index in [2.05, 4.69) is 36.2 Å². The maximum absolute atomic E-state index is 13.5. The number of likely N-dealkylation sites (N-methyl/N-ethyl adjacent to an activating group) is 1. The van der Waals surface area contributed by atoms with Crippen LogP contribution in [0.1, 0.15) is 48.9 Å². The van der Waals surface area contributed by atoms with Crippen LogP contribution < -0.4 is 0 Å². The minimum Gasteiger partial charge on any atom is -0.345 e. The maximum atomic E-state index is 13.5. The van der Waals surface area contributed by atoms with Gasteiger partial charge in [0.25, 0.3) is 0 Å². The summed E-state index contributed by atoms with van der Waals surface area (Å²) in [7, 11) is 1.94. The van der Waals surface area contributed by atoms with E-state index in [1.54, 1.807) is 0 Å². The van der Waals surface area contributed by atoms with Crippen molar-refractivity contribution in [3.8, 4) is 0 Å². The number of hydrogen-bond acceptors (Lipinski definition) is 2. The molecule has 2 aromatic rings. The molecule has 0 unspecified atom stereocenters. The number of pyridine rings is 1. The Bertz CT molecular complexity index is 705. The third kappa shape index (κ3) is 3.76. The van der Waals surface area contributed by atoms with Crippen LogP contribution in [0.15, 0.2) is 48.7 Å². The lowest BCUT2D eigenvalue weighted by Crippen LogP contribution is -2.47. The molecule has 0 N–H and O–H groups in total. The van der Waals surface area contributed by atoms with Gasteiger partial charge in [-0.05, 0) is 43.0 Å². The summed E-state index contributed by atoms with van der Waals surface area (Å²) >= 11 is 0. The molecule has 1 saturated carbocycles. The van der Waals surface area contributed by atoms with Gasteiger partial charge in [0, 0.05) is 31.9 Å². The zero-order valence-corrected chi connectivity index (χ0v) is 15.4. The Balaban J connectivity index is 1.81. The molecule has 3 nitrogen and oxygen atoms in total. The molecule has 0 aliphatic heterocycles. The smallest absolute Gasteiger partial charge is 0.232 e. The highest BCUT2D eigenvalue weighted by atomic mass is 16.2. The van der Waals surface area contributed by atoms with Crippen LogP contribution in [0, 0.1) is 6.92 Å². The summed E-state index contributed by atoms with van der Waals surface area (Å²) in [5.74, 6) is 0.275. The molecule has 1 aromatic heterocycles. The predicted molar refractivity (Wildman–Crippen MR) is 102 cm³/mol. The third-order valence-electron chi connectivity index (χ3n) is 5.55. The molecule has 25 heavy (non-hydrogen) atoms. The highest BCUT2D eigenvalue weighted by Gasteiger charge is 2.43. The van der Waals surface area contributed by atoms with Crippen LogP contribution in [-0.4, -0.2) is 29.4 Å². The largest absolute Gasteiger partial charge is 0.345 e. The number of hydrogen-bond donors (Lipinski definition) is 0. The van der Waals surface area contributed by atoms with E-state index in [1.807, 2.05) is 36.3 Å². The lowest BCUT2D eigenvalue weighted by Gasteiger charge is -2.40. The number of aromatic nitrogens is 1. The van der Waals surface area contributed by atoms with E-state index in [0.717, 1.165) is 37.8 Å². The van der Waals surface area contributed by atoms with Gasteiger partial charge in [-0.1, -0.05) is 49.6 Å². The number of benzene rings is 1. The summed E-state index contributed by atoms with van der Waals surface area (Å²) in [6, 6.07) is 14.4. The first kappa shape index (κ1) is 17.7. The number of carbonyl (C=O) groups excluding carboxylic acids is 1. The zero-order valence-electron chi connectivity index (χ0n) is 15.4. The highest BCUT2D eigenvalue weighted by Crippen LogP contribution is 2.42. The summed E-state index contributed by atoms with van der Waals surface area (Å²) in [4.78, 5) is 19.8. The van der Waals surface area contributed by atoms with Crippen molar-refractivity contribution >= 4 is 5.91 Å². The Kier molecular flexibility index (Phi) is 5.52.